The number of hydrogen-bond acceptors (Lipinski definition) is 7. The van der Waals surface area contributed by atoms with Crippen LogP contribution in [-0.4, -0.2) is 61.5 Å². The van der Waals surface area contributed by atoms with Crippen LogP contribution < -0.4 is 10.2 Å². The number of nitrogens with zero attached hydrogens (tertiary/aromatic N) is 1. The van der Waals surface area contributed by atoms with Gasteiger partial charge in [-0.2, -0.15) is 0 Å². The molecule has 1 heterocycles. The van der Waals surface area contributed by atoms with Gasteiger partial charge in [-0.15, -0.1) is 0 Å². The number of aryl methyl sites for hydroxylation is 2. The minimum absolute atomic E-state index is 0.0162. The second-order valence-corrected chi connectivity index (χ2v) is 15.3. The molecule has 3 aromatic rings. The number of nitrogens with one attached hydrogen (secondary N) is 1. The SMILES string of the molecule is CS(=O)(=O)CNCCCCCCc1ccc(N2C(=O)[C@H](CC[C@H](O)c3ccc(F)cc3)[C@H]2c2ccc(CCCC(CO)CO)cc2)cc1. The van der Waals surface area contributed by atoms with Gasteiger partial charge in [-0.3, -0.25) is 4.79 Å². The van der Waals surface area contributed by atoms with Crippen LogP contribution in [0, 0.1) is 17.7 Å². The maximum absolute atomic E-state index is 13.6. The number of rotatable bonds is 21. The highest BCUT2D eigenvalue weighted by molar-refractivity contribution is 7.90. The molecule has 8 nitrogen and oxygen atoms in total. The maximum atomic E-state index is 13.6. The molecule has 3 aromatic carbocycles. The van der Waals surface area contributed by atoms with Gasteiger partial charge in [0.2, 0.25) is 5.91 Å². The molecule has 3 atom stereocenters. The summed E-state index contributed by atoms with van der Waals surface area (Å²) in [6, 6.07) is 22.1. The fourth-order valence-electron chi connectivity index (χ4n) is 6.42. The first-order valence-electron chi connectivity index (χ1n) is 17.1. The van der Waals surface area contributed by atoms with Gasteiger partial charge in [0.05, 0.1) is 23.9 Å². The smallest absolute Gasteiger partial charge is 0.233 e. The zero-order chi connectivity index (χ0) is 34.5. The van der Waals surface area contributed by atoms with Crippen LogP contribution in [0.4, 0.5) is 10.1 Å². The molecule has 1 amide bonds. The molecule has 0 radical (unpaired) electrons. The van der Waals surface area contributed by atoms with Crippen LogP contribution in [0.3, 0.4) is 0 Å². The van der Waals surface area contributed by atoms with E-state index in [0.29, 0.717) is 24.9 Å². The molecule has 0 aliphatic carbocycles. The van der Waals surface area contributed by atoms with Crippen molar-refractivity contribution in [2.45, 2.75) is 76.4 Å². The molecule has 0 unspecified atom stereocenters. The Labute approximate surface area is 284 Å². The first kappa shape index (κ1) is 37.7. The van der Waals surface area contributed by atoms with Gasteiger partial charge in [0, 0.05) is 31.1 Å². The molecule has 1 fully saturated rings. The predicted octanol–water partition coefficient (Wildman–Crippen LogP) is 5.66. The molecular weight excluding hydrogens is 631 g/mol. The normalized spacial score (nSPS) is 17.1. The number of aliphatic hydroxyl groups is 3. The van der Waals surface area contributed by atoms with Gasteiger partial charge in [-0.05, 0) is 104 Å². The van der Waals surface area contributed by atoms with Crippen LogP contribution in [-0.2, 0) is 27.5 Å². The van der Waals surface area contributed by atoms with Gasteiger partial charge in [-0.1, -0.05) is 61.4 Å². The summed E-state index contributed by atoms with van der Waals surface area (Å²) in [5.41, 5.74) is 4.85. The molecular formula is C38H51FN2O6S. The van der Waals surface area contributed by atoms with E-state index in [4.69, 9.17) is 0 Å². The Hall–Kier alpha value is -3.15. The fraction of sp³-hybridized carbons (Fsp3) is 0.500. The van der Waals surface area contributed by atoms with E-state index >= 15 is 0 Å². The maximum Gasteiger partial charge on any atom is 0.233 e. The van der Waals surface area contributed by atoms with Crippen LogP contribution in [0.15, 0.2) is 72.8 Å². The van der Waals surface area contributed by atoms with Crippen LogP contribution in [0.2, 0.25) is 0 Å². The van der Waals surface area contributed by atoms with Crippen molar-refractivity contribution in [3.05, 3.63) is 101 Å². The lowest BCUT2D eigenvalue weighted by Crippen LogP contribution is -2.55. The highest BCUT2D eigenvalue weighted by Gasteiger charge is 2.48. The average Bonchev–Trinajstić information content (AvgIpc) is 3.07. The summed E-state index contributed by atoms with van der Waals surface area (Å²) in [5.74, 6) is -0.718. The van der Waals surface area contributed by atoms with Gasteiger partial charge < -0.3 is 25.5 Å². The number of carbonyl (C=O) groups is 1. The number of anilines is 1. The number of hydrogen-bond donors (Lipinski definition) is 4. The summed E-state index contributed by atoms with van der Waals surface area (Å²) in [7, 11) is -2.99. The van der Waals surface area contributed by atoms with E-state index in [-0.39, 0.29) is 48.7 Å². The Balaban J connectivity index is 1.37. The number of amides is 1. The van der Waals surface area contributed by atoms with E-state index in [2.05, 4.69) is 41.7 Å². The monoisotopic (exact) mass is 682 g/mol. The second-order valence-electron chi connectivity index (χ2n) is 13.2. The van der Waals surface area contributed by atoms with Crippen molar-refractivity contribution in [1.82, 2.24) is 5.32 Å². The number of carbonyl (C=O) groups excluding carboxylic acids is 1. The molecule has 0 saturated carbocycles. The summed E-state index contributed by atoms with van der Waals surface area (Å²) >= 11 is 0. The van der Waals surface area contributed by atoms with Crippen molar-refractivity contribution in [1.29, 1.82) is 0 Å². The molecule has 1 aliphatic rings. The minimum Gasteiger partial charge on any atom is -0.396 e. The highest BCUT2D eigenvalue weighted by atomic mass is 32.2. The Morgan fingerprint density at radius 3 is 2.04 bits per heavy atom. The highest BCUT2D eigenvalue weighted by Crippen LogP contribution is 2.46. The molecule has 262 valence electrons. The Bertz CT molecular complexity index is 1510. The Morgan fingerprint density at radius 2 is 1.42 bits per heavy atom. The molecule has 0 spiro atoms. The molecule has 48 heavy (non-hydrogen) atoms. The number of benzene rings is 3. The Kier molecular flexibility index (Phi) is 14.6. The van der Waals surface area contributed by atoms with Crippen molar-refractivity contribution in [2.24, 2.45) is 11.8 Å². The van der Waals surface area contributed by atoms with Crippen LogP contribution >= 0.6 is 0 Å². The second kappa shape index (κ2) is 18.6. The fourth-order valence-corrected chi connectivity index (χ4v) is 6.93. The van der Waals surface area contributed by atoms with Crippen molar-refractivity contribution >= 4 is 21.4 Å². The first-order chi connectivity index (χ1) is 23.1. The topological polar surface area (TPSA) is 127 Å². The van der Waals surface area contributed by atoms with Crippen molar-refractivity contribution in [2.75, 3.05) is 36.8 Å². The summed E-state index contributed by atoms with van der Waals surface area (Å²) in [6.45, 7) is 0.651. The van der Waals surface area contributed by atoms with Gasteiger partial charge in [0.25, 0.3) is 0 Å². The zero-order valence-electron chi connectivity index (χ0n) is 27.9. The summed E-state index contributed by atoms with van der Waals surface area (Å²) in [4.78, 5) is 15.5. The van der Waals surface area contributed by atoms with Crippen LogP contribution in [0.25, 0.3) is 0 Å². The molecule has 4 N–H and O–H groups in total. The lowest BCUT2D eigenvalue weighted by molar-refractivity contribution is -0.131. The zero-order valence-corrected chi connectivity index (χ0v) is 28.8. The molecule has 1 saturated heterocycles. The number of aliphatic hydroxyl groups excluding tert-OH is 3. The summed E-state index contributed by atoms with van der Waals surface area (Å²) in [5, 5.41) is 32.5. The molecule has 0 aromatic heterocycles. The molecule has 4 rings (SSSR count). The van der Waals surface area contributed by atoms with Gasteiger partial charge >= 0.3 is 0 Å². The van der Waals surface area contributed by atoms with Crippen LogP contribution in [0.5, 0.6) is 0 Å². The summed E-state index contributed by atoms with van der Waals surface area (Å²) < 4.78 is 35.8. The number of halogens is 1. The van der Waals surface area contributed by atoms with E-state index in [1.54, 1.807) is 12.1 Å². The molecule has 1 aliphatic heterocycles. The third-order valence-corrected chi connectivity index (χ3v) is 10.0. The van der Waals surface area contributed by atoms with Gasteiger partial charge in [-0.25, -0.2) is 12.8 Å². The standard InChI is InChI=1S/C38H51FN2O6S/c1-48(46,47)27-40-24-5-3-2-4-7-28-12-20-34(21-13-28)41-37(32-14-10-29(11-15-32)8-6-9-30(25-42)26-43)35(38(41)45)22-23-36(44)31-16-18-33(39)19-17-31/h10-21,30,35-37,40,42-44H,2-9,22-27H2,1H3/t35-,36+,37-/m1/s1. The van der Waals surface area contributed by atoms with E-state index in [9.17, 15) is 32.9 Å². The van der Waals surface area contributed by atoms with Crippen molar-refractivity contribution in [3.8, 4) is 0 Å². The van der Waals surface area contributed by atoms with Crippen LogP contribution in [0.1, 0.15) is 85.8 Å². The quantitative estimate of drug-likeness (QED) is 0.0844. The predicted molar refractivity (Wildman–Crippen MR) is 188 cm³/mol. The molecule has 0 bridgehead atoms. The lowest BCUT2D eigenvalue weighted by Gasteiger charge is -2.48. The van der Waals surface area contributed by atoms with Crippen molar-refractivity contribution < 1.29 is 32.9 Å². The number of unbranched alkanes of at least 4 members (excludes halogenated alkanes) is 3. The van der Waals surface area contributed by atoms with E-state index in [1.165, 1.54) is 24.0 Å². The number of β-lactam (4-membered cyclic amide) rings is 1. The first-order valence-corrected chi connectivity index (χ1v) is 19.2. The van der Waals surface area contributed by atoms with Gasteiger partial charge in [0.1, 0.15) is 5.82 Å². The molecule has 10 heteroatoms. The van der Waals surface area contributed by atoms with Crippen molar-refractivity contribution in [3.63, 3.8) is 0 Å². The van der Waals surface area contributed by atoms with E-state index < -0.39 is 15.9 Å². The third kappa shape index (κ3) is 11.2. The average molecular weight is 683 g/mol. The van der Waals surface area contributed by atoms with E-state index in [0.717, 1.165) is 68.2 Å². The van der Waals surface area contributed by atoms with Gasteiger partial charge in [0.15, 0.2) is 9.84 Å². The minimum atomic E-state index is -2.99. The lowest BCUT2D eigenvalue weighted by atomic mass is 9.78. The number of sulfone groups is 1. The summed E-state index contributed by atoms with van der Waals surface area (Å²) in [6.07, 6.45) is 8.72. The third-order valence-electron chi connectivity index (χ3n) is 9.28. The Morgan fingerprint density at radius 1 is 0.812 bits per heavy atom. The largest absolute Gasteiger partial charge is 0.396 e. The van der Waals surface area contributed by atoms with E-state index in [1.807, 2.05) is 17.0 Å².